The third kappa shape index (κ3) is 2.63. The van der Waals surface area contributed by atoms with E-state index in [0.717, 1.165) is 12.1 Å². The number of fused-ring (bicyclic) bond motifs is 1. The highest BCUT2D eigenvalue weighted by Crippen LogP contribution is 2.17. The van der Waals surface area contributed by atoms with Crippen molar-refractivity contribution in [3.8, 4) is 0 Å². The molecule has 0 aliphatic heterocycles. The van der Waals surface area contributed by atoms with Crippen LogP contribution in [0.5, 0.6) is 0 Å². The molecule has 0 fully saturated rings. The minimum absolute atomic E-state index is 0.221. The number of carbonyl (C=O) groups excluding carboxylic acids is 1. The second-order valence-electron chi connectivity index (χ2n) is 4.56. The van der Waals surface area contributed by atoms with Crippen LogP contribution in [-0.4, -0.2) is 15.8 Å². The molecule has 1 aromatic heterocycles. The zero-order chi connectivity index (χ0) is 14.8. The number of hydrogen-bond donors (Lipinski definition) is 0. The molecule has 3 aromatic rings. The first-order chi connectivity index (χ1) is 10.1. The van der Waals surface area contributed by atoms with E-state index in [1.807, 2.05) is 0 Å². The quantitative estimate of drug-likeness (QED) is 0.693. The summed E-state index contributed by atoms with van der Waals surface area (Å²) in [5.74, 6) is -1.81. The van der Waals surface area contributed by atoms with Gasteiger partial charge in [0.2, 0.25) is 0 Å². The highest BCUT2D eigenvalue weighted by molar-refractivity contribution is 6.00. The predicted octanol–water partition coefficient (Wildman–Crippen LogP) is 3.33. The van der Waals surface area contributed by atoms with Crippen molar-refractivity contribution in [1.29, 1.82) is 0 Å². The number of ketones is 1. The molecule has 1 heterocycles. The molecule has 0 N–H and O–H groups in total. The number of benzene rings is 2. The number of carbonyl (C=O) groups is 1. The van der Waals surface area contributed by atoms with Crippen molar-refractivity contribution in [3.05, 3.63) is 71.6 Å². The molecule has 0 spiro atoms. The van der Waals surface area contributed by atoms with Crippen molar-refractivity contribution in [2.24, 2.45) is 0 Å². The Kier molecular flexibility index (Phi) is 3.39. The zero-order valence-corrected chi connectivity index (χ0v) is 10.9. The summed E-state index contributed by atoms with van der Waals surface area (Å²) in [4.78, 5) is 20.4. The van der Waals surface area contributed by atoms with Gasteiger partial charge in [-0.05, 0) is 30.3 Å². The van der Waals surface area contributed by atoms with Gasteiger partial charge in [-0.3, -0.25) is 14.8 Å². The number of Topliss-reactive ketones (excluding diaryl/α,β-unsaturated/α-hetero) is 1. The summed E-state index contributed by atoms with van der Waals surface area (Å²) in [5, 5.41) is 0. The van der Waals surface area contributed by atoms with E-state index in [0.29, 0.717) is 16.6 Å². The van der Waals surface area contributed by atoms with Crippen LogP contribution in [-0.2, 0) is 6.42 Å². The van der Waals surface area contributed by atoms with Gasteiger partial charge in [0.25, 0.3) is 0 Å². The van der Waals surface area contributed by atoms with E-state index in [1.165, 1.54) is 12.3 Å². The van der Waals surface area contributed by atoms with Crippen molar-refractivity contribution in [2.75, 3.05) is 0 Å². The SMILES string of the molecule is O=C(Cc1c(F)cccc1F)c1ccc2nccnc2c1. The monoisotopic (exact) mass is 284 g/mol. The van der Waals surface area contributed by atoms with Crippen LogP contribution in [0.4, 0.5) is 8.78 Å². The van der Waals surface area contributed by atoms with Gasteiger partial charge in [0.1, 0.15) is 11.6 Å². The van der Waals surface area contributed by atoms with Crippen LogP contribution in [0.15, 0.2) is 48.8 Å². The lowest BCUT2D eigenvalue weighted by atomic mass is 10.0. The number of halogens is 2. The maximum absolute atomic E-state index is 13.6. The average Bonchev–Trinajstić information content (AvgIpc) is 2.50. The van der Waals surface area contributed by atoms with Crippen LogP contribution >= 0.6 is 0 Å². The second-order valence-corrected chi connectivity index (χ2v) is 4.56. The summed E-state index contributed by atoms with van der Waals surface area (Å²) >= 11 is 0. The van der Waals surface area contributed by atoms with E-state index < -0.39 is 11.6 Å². The van der Waals surface area contributed by atoms with Gasteiger partial charge in [-0.25, -0.2) is 8.78 Å². The number of aromatic nitrogens is 2. The molecule has 0 unspecified atom stereocenters. The Morgan fingerprint density at radius 1 is 0.952 bits per heavy atom. The van der Waals surface area contributed by atoms with Gasteiger partial charge in [0.15, 0.2) is 5.78 Å². The highest BCUT2D eigenvalue weighted by atomic mass is 19.1. The Bertz CT molecular complexity index is 813. The number of hydrogen-bond acceptors (Lipinski definition) is 3. The Balaban J connectivity index is 1.94. The molecule has 0 bridgehead atoms. The molecule has 3 nitrogen and oxygen atoms in total. The molecule has 0 atom stereocenters. The van der Waals surface area contributed by atoms with Crippen molar-refractivity contribution in [3.63, 3.8) is 0 Å². The van der Waals surface area contributed by atoms with Gasteiger partial charge >= 0.3 is 0 Å². The zero-order valence-electron chi connectivity index (χ0n) is 10.9. The van der Waals surface area contributed by atoms with E-state index in [9.17, 15) is 13.6 Å². The molecule has 5 heteroatoms. The predicted molar refractivity (Wildman–Crippen MR) is 73.9 cm³/mol. The molecule has 2 aromatic carbocycles. The standard InChI is InChI=1S/C16H10F2N2O/c17-12-2-1-3-13(18)11(12)9-16(21)10-4-5-14-15(8-10)20-7-6-19-14/h1-8H,9H2. The minimum atomic E-state index is -0.719. The summed E-state index contributed by atoms with van der Waals surface area (Å²) in [6.45, 7) is 0. The third-order valence-corrected chi connectivity index (χ3v) is 3.19. The van der Waals surface area contributed by atoms with E-state index in [4.69, 9.17) is 0 Å². The van der Waals surface area contributed by atoms with E-state index in [1.54, 1.807) is 24.4 Å². The van der Waals surface area contributed by atoms with Gasteiger partial charge < -0.3 is 0 Å². The van der Waals surface area contributed by atoms with Crippen LogP contribution in [0.25, 0.3) is 11.0 Å². The first-order valence-corrected chi connectivity index (χ1v) is 6.32. The first kappa shape index (κ1) is 13.3. The molecule has 0 saturated carbocycles. The van der Waals surface area contributed by atoms with Gasteiger partial charge in [-0.1, -0.05) is 6.07 Å². The van der Waals surface area contributed by atoms with Crippen LogP contribution in [0, 0.1) is 11.6 Å². The van der Waals surface area contributed by atoms with Crippen LogP contribution in [0.1, 0.15) is 15.9 Å². The number of rotatable bonds is 3. The molecule has 0 saturated heterocycles. The molecule has 21 heavy (non-hydrogen) atoms. The van der Waals surface area contributed by atoms with E-state index >= 15 is 0 Å². The lowest BCUT2D eigenvalue weighted by molar-refractivity contribution is 0.0990. The fourth-order valence-electron chi connectivity index (χ4n) is 2.10. The van der Waals surface area contributed by atoms with Crippen LogP contribution < -0.4 is 0 Å². The lowest BCUT2D eigenvalue weighted by Gasteiger charge is -2.05. The molecule has 0 aliphatic carbocycles. The molecule has 0 aliphatic rings. The maximum atomic E-state index is 13.6. The topological polar surface area (TPSA) is 42.9 Å². The summed E-state index contributed by atoms with van der Waals surface area (Å²) in [6, 6.07) is 8.36. The van der Waals surface area contributed by atoms with Crippen molar-refractivity contribution in [2.45, 2.75) is 6.42 Å². The maximum Gasteiger partial charge on any atom is 0.167 e. The van der Waals surface area contributed by atoms with Gasteiger partial charge in [0.05, 0.1) is 11.0 Å². The summed E-state index contributed by atoms with van der Waals surface area (Å²) in [7, 11) is 0. The minimum Gasteiger partial charge on any atom is -0.294 e. The normalized spacial score (nSPS) is 10.8. The Morgan fingerprint density at radius 2 is 1.62 bits per heavy atom. The Labute approximate surface area is 119 Å². The average molecular weight is 284 g/mol. The molecular weight excluding hydrogens is 274 g/mol. The first-order valence-electron chi connectivity index (χ1n) is 6.32. The highest BCUT2D eigenvalue weighted by Gasteiger charge is 2.15. The van der Waals surface area contributed by atoms with Crippen molar-refractivity contribution in [1.82, 2.24) is 9.97 Å². The summed E-state index contributed by atoms with van der Waals surface area (Å²) < 4.78 is 27.1. The molecule has 3 rings (SSSR count). The third-order valence-electron chi connectivity index (χ3n) is 3.19. The van der Waals surface area contributed by atoms with Gasteiger partial charge in [-0.15, -0.1) is 0 Å². The van der Waals surface area contributed by atoms with E-state index in [-0.39, 0.29) is 17.8 Å². The van der Waals surface area contributed by atoms with Crippen LogP contribution in [0.3, 0.4) is 0 Å². The Morgan fingerprint density at radius 3 is 2.33 bits per heavy atom. The summed E-state index contributed by atoms with van der Waals surface area (Å²) in [5.41, 5.74) is 1.36. The molecule has 0 amide bonds. The van der Waals surface area contributed by atoms with Crippen molar-refractivity contribution < 1.29 is 13.6 Å². The number of nitrogens with zero attached hydrogens (tertiary/aromatic N) is 2. The fraction of sp³-hybridized carbons (Fsp3) is 0.0625. The van der Waals surface area contributed by atoms with E-state index in [2.05, 4.69) is 9.97 Å². The molecule has 104 valence electrons. The fourth-order valence-corrected chi connectivity index (χ4v) is 2.10. The Hall–Kier alpha value is -2.69. The smallest absolute Gasteiger partial charge is 0.167 e. The molecular formula is C16H10F2N2O. The van der Waals surface area contributed by atoms with Crippen molar-refractivity contribution >= 4 is 16.8 Å². The van der Waals surface area contributed by atoms with Crippen LogP contribution in [0.2, 0.25) is 0 Å². The molecule has 0 radical (unpaired) electrons. The van der Waals surface area contributed by atoms with Gasteiger partial charge in [-0.2, -0.15) is 0 Å². The summed E-state index contributed by atoms with van der Waals surface area (Å²) in [6.07, 6.45) is 2.75. The largest absolute Gasteiger partial charge is 0.294 e. The van der Waals surface area contributed by atoms with Gasteiger partial charge in [0, 0.05) is 29.9 Å². The second kappa shape index (κ2) is 5.36. The lowest BCUT2D eigenvalue weighted by Crippen LogP contribution is -2.07.